The number of halogens is 1. The quantitative estimate of drug-likeness (QED) is 0.566. The lowest BCUT2D eigenvalue weighted by molar-refractivity contribution is 0.0949. The second kappa shape index (κ2) is 7.31. The number of hydrazone groups is 1. The summed E-state index contributed by atoms with van der Waals surface area (Å²) in [6.45, 7) is 0. The molecule has 0 saturated heterocycles. The molecule has 0 radical (unpaired) electrons. The summed E-state index contributed by atoms with van der Waals surface area (Å²) in [7, 11) is 0. The number of amides is 1. The Kier molecular flexibility index (Phi) is 4.75. The lowest BCUT2D eigenvalue weighted by Gasteiger charge is -2.03. The lowest BCUT2D eigenvalue weighted by Crippen LogP contribution is -2.24. The van der Waals surface area contributed by atoms with E-state index in [1.165, 1.54) is 36.5 Å². The van der Waals surface area contributed by atoms with Gasteiger partial charge in [0.25, 0.3) is 5.91 Å². The van der Waals surface area contributed by atoms with Gasteiger partial charge in [0.1, 0.15) is 11.5 Å². The summed E-state index contributed by atoms with van der Waals surface area (Å²) in [5.41, 5.74) is 3.44. The summed E-state index contributed by atoms with van der Waals surface area (Å²) in [5, 5.41) is 3.79. The van der Waals surface area contributed by atoms with Crippen molar-refractivity contribution in [1.82, 2.24) is 15.4 Å². The van der Waals surface area contributed by atoms with Gasteiger partial charge in [0.05, 0.1) is 11.9 Å². The zero-order valence-electron chi connectivity index (χ0n) is 12.9. The van der Waals surface area contributed by atoms with Crippen LogP contribution in [-0.2, 0) is 0 Å². The van der Waals surface area contributed by atoms with Gasteiger partial charge >= 0.3 is 5.69 Å². The molecule has 1 aromatic heterocycles. The highest BCUT2D eigenvalue weighted by Gasteiger charge is 2.09. The molecule has 2 aromatic carbocycles. The van der Waals surface area contributed by atoms with Crippen molar-refractivity contribution in [3.05, 3.63) is 88.2 Å². The molecule has 3 rings (SSSR count). The molecule has 0 aliphatic carbocycles. The van der Waals surface area contributed by atoms with Crippen molar-refractivity contribution in [2.75, 3.05) is 0 Å². The summed E-state index contributed by atoms with van der Waals surface area (Å²) in [6, 6.07) is 16.1. The molecule has 124 valence electrons. The SMILES string of the molecule is O=C(N/N=C/c1ccc(F)cc1)c1cc(-c2ccccc2)nc(=O)[nH]1. The molecule has 7 heteroatoms. The second-order valence-electron chi connectivity index (χ2n) is 5.10. The standard InChI is InChI=1S/C18H13FN4O2/c19-14-8-6-12(7-9-14)11-20-23-17(24)16-10-15(21-18(25)22-16)13-4-2-1-3-5-13/h1-11H,(H,23,24)(H,21,22,25)/b20-11+. The minimum Gasteiger partial charge on any atom is -0.301 e. The Bertz CT molecular complexity index is 966. The molecule has 2 N–H and O–H groups in total. The van der Waals surface area contributed by atoms with Crippen LogP contribution in [0.3, 0.4) is 0 Å². The van der Waals surface area contributed by atoms with E-state index in [9.17, 15) is 14.0 Å². The van der Waals surface area contributed by atoms with Crippen molar-refractivity contribution in [3.63, 3.8) is 0 Å². The average Bonchev–Trinajstić information content (AvgIpc) is 2.63. The first-order valence-electron chi connectivity index (χ1n) is 7.37. The zero-order chi connectivity index (χ0) is 17.6. The smallest absolute Gasteiger partial charge is 0.301 e. The predicted molar refractivity (Wildman–Crippen MR) is 91.8 cm³/mol. The van der Waals surface area contributed by atoms with Gasteiger partial charge in [0.15, 0.2) is 0 Å². The highest BCUT2D eigenvalue weighted by molar-refractivity contribution is 5.93. The molecule has 0 bridgehead atoms. The van der Waals surface area contributed by atoms with Crippen LogP contribution >= 0.6 is 0 Å². The van der Waals surface area contributed by atoms with E-state index in [2.05, 4.69) is 20.5 Å². The molecule has 3 aromatic rings. The van der Waals surface area contributed by atoms with Crippen molar-refractivity contribution in [2.45, 2.75) is 0 Å². The summed E-state index contributed by atoms with van der Waals surface area (Å²) in [5.74, 6) is -0.945. The van der Waals surface area contributed by atoms with E-state index in [4.69, 9.17) is 0 Å². The highest BCUT2D eigenvalue weighted by Crippen LogP contribution is 2.15. The topological polar surface area (TPSA) is 87.2 Å². The number of carbonyl (C=O) groups is 1. The molecule has 0 saturated carbocycles. The van der Waals surface area contributed by atoms with Gasteiger partial charge in [-0.25, -0.2) is 14.6 Å². The Balaban J connectivity index is 1.77. The minimum atomic E-state index is -0.631. The number of aromatic amines is 1. The molecule has 0 atom stereocenters. The molecule has 1 heterocycles. The maximum atomic E-state index is 12.8. The number of hydrogen-bond donors (Lipinski definition) is 2. The number of nitrogens with one attached hydrogen (secondary N) is 2. The molecular formula is C18H13FN4O2. The summed E-state index contributed by atoms with van der Waals surface area (Å²) < 4.78 is 12.8. The van der Waals surface area contributed by atoms with E-state index in [0.717, 1.165) is 5.56 Å². The molecule has 25 heavy (non-hydrogen) atoms. The molecule has 1 amide bonds. The van der Waals surface area contributed by atoms with E-state index in [1.807, 2.05) is 18.2 Å². The fraction of sp³-hybridized carbons (Fsp3) is 0. The van der Waals surface area contributed by atoms with Crippen LogP contribution in [-0.4, -0.2) is 22.1 Å². The summed E-state index contributed by atoms with van der Waals surface area (Å²) in [6.07, 6.45) is 1.37. The second-order valence-corrected chi connectivity index (χ2v) is 5.10. The minimum absolute atomic E-state index is 0.0371. The van der Waals surface area contributed by atoms with Crippen molar-refractivity contribution < 1.29 is 9.18 Å². The maximum absolute atomic E-state index is 12.8. The highest BCUT2D eigenvalue weighted by atomic mass is 19.1. The third-order valence-corrected chi connectivity index (χ3v) is 3.31. The Morgan fingerprint density at radius 2 is 1.84 bits per heavy atom. The fourth-order valence-electron chi connectivity index (χ4n) is 2.11. The first kappa shape index (κ1) is 16.3. The van der Waals surface area contributed by atoms with Gasteiger partial charge in [0.2, 0.25) is 0 Å². The van der Waals surface area contributed by atoms with Crippen LogP contribution in [0.1, 0.15) is 16.1 Å². The van der Waals surface area contributed by atoms with E-state index in [0.29, 0.717) is 11.3 Å². The van der Waals surface area contributed by atoms with Crippen molar-refractivity contribution >= 4 is 12.1 Å². The van der Waals surface area contributed by atoms with Crippen LogP contribution in [0.5, 0.6) is 0 Å². The molecule has 6 nitrogen and oxygen atoms in total. The zero-order valence-corrected chi connectivity index (χ0v) is 12.9. The Morgan fingerprint density at radius 3 is 2.56 bits per heavy atom. The molecule has 0 unspecified atom stereocenters. The summed E-state index contributed by atoms with van der Waals surface area (Å²) >= 11 is 0. The Labute approximate surface area is 142 Å². The van der Waals surface area contributed by atoms with E-state index >= 15 is 0 Å². The largest absolute Gasteiger partial charge is 0.346 e. The number of rotatable bonds is 4. The number of benzene rings is 2. The number of hydrogen-bond acceptors (Lipinski definition) is 4. The van der Waals surface area contributed by atoms with Gasteiger partial charge in [-0.1, -0.05) is 42.5 Å². The number of aromatic nitrogens is 2. The molecule has 0 aliphatic rings. The van der Waals surface area contributed by atoms with Gasteiger partial charge in [-0.15, -0.1) is 0 Å². The van der Waals surface area contributed by atoms with Crippen LogP contribution < -0.4 is 11.1 Å². The fourth-order valence-corrected chi connectivity index (χ4v) is 2.11. The van der Waals surface area contributed by atoms with Crippen molar-refractivity contribution in [3.8, 4) is 11.3 Å². The molecular weight excluding hydrogens is 323 g/mol. The van der Waals surface area contributed by atoms with Crippen molar-refractivity contribution in [2.24, 2.45) is 5.10 Å². The van der Waals surface area contributed by atoms with Crippen LogP contribution in [0.15, 0.2) is 70.6 Å². The maximum Gasteiger partial charge on any atom is 0.346 e. The molecule has 0 aliphatic heterocycles. The van der Waals surface area contributed by atoms with Crippen LogP contribution in [0.2, 0.25) is 0 Å². The third-order valence-electron chi connectivity index (χ3n) is 3.31. The van der Waals surface area contributed by atoms with Crippen LogP contribution in [0, 0.1) is 5.82 Å². The monoisotopic (exact) mass is 336 g/mol. The van der Waals surface area contributed by atoms with Crippen LogP contribution in [0.4, 0.5) is 4.39 Å². The van der Waals surface area contributed by atoms with Crippen LogP contribution in [0.25, 0.3) is 11.3 Å². The van der Waals surface area contributed by atoms with Crippen molar-refractivity contribution in [1.29, 1.82) is 0 Å². The Morgan fingerprint density at radius 1 is 1.12 bits per heavy atom. The average molecular weight is 336 g/mol. The Hall–Kier alpha value is -3.61. The number of H-pyrrole nitrogens is 1. The number of nitrogens with zero attached hydrogens (tertiary/aromatic N) is 2. The van der Waals surface area contributed by atoms with Gasteiger partial charge in [-0.05, 0) is 23.8 Å². The molecule has 0 fully saturated rings. The van der Waals surface area contributed by atoms with E-state index < -0.39 is 11.6 Å². The third kappa shape index (κ3) is 4.23. The number of carbonyl (C=O) groups excluding carboxylic acids is 1. The normalized spacial score (nSPS) is 10.8. The predicted octanol–water partition coefficient (Wildman–Crippen LogP) is 2.34. The van der Waals surface area contributed by atoms with E-state index in [1.54, 1.807) is 12.1 Å². The van der Waals surface area contributed by atoms with E-state index in [-0.39, 0.29) is 11.5 Å². The van der Waals surface area contributed by atoms with Gasteiger partial charge in [-0.2, -0.15) is 10.1 Å². The molecule has 0 spiro atoms. The van der Waals surface area contributed by atoms with Gasteiger partial charge < -0.3 is 4.98 Å². The van der Waals surface area contributed by atoms with Gasteiger partial charge in [0, 0.05) is 5.56 Å². The lowest BCUT2D eigenvalue weighted by atomic mass is 10.1. The van der Waals surface area contributed by atoms with Gasteiger partial charge in [-0.3, -0.25) is 4.79 Å². The summed E-state index contributed by atoms with van der Waals surface area (Å²) in [4.78, 5) is 30.1. The first-order valence-corrected chi connectivity index (χ1v) is 7.37. The first-order chi connectivity index (χ1) is 12.1.